The molecule has 6 aromatic carbocycles. The van der Waals surface area contributed by atoms with Crippen LogP contribution in [-0.4, -0.2) is 37.1 Å². The number of benzene rings is 6. The lowest BCUT2D eigenvalue weighted by molar-refractivity contribution is -0.129. The number of carbonyl (C=O) groups excluding carboxylic acids is 2. The summed E-state index contributed by atoms with van der Waals surface area (Å²) in [7, 11) is 3.94. The van der Waals surface area contributed by atoms with Gasteiger partial charge in [-0.15, -0.1) is 0 Å². The summed E-state index contributed by atoms with van der Waals surface area (Å²) in [6, 6.07) is 35.9. The highest BCUT2D eigenvalue weighted by Crippen LogP contribution is 2.35. The zero-order valence-electron chi connectivity index (χ0n) is 25.3. The van der Waals surface area contributed by atoms with Crippen molar-refractivity contribution in [3.05, 3.63) is 126 Å². The Hall–Kier alpha value is -5.21. The van der Waals surface area contributed by atoms with Gasteiger partial charge in [0.05, 0.1) is 6.42 Å². The number of thiocarbonyl (C=S) groups is 1. The van der Waals surface area contributed by atoms with Crippen LogP contribution in [0.25, 0.3) is 32.3 Å². The van der Waals surface area contributed by atoms with Crippen molar-refractivity contribution >= 4 is 67.1 Å². The van der Waals surface area contributed by atoms with E-state index in [-0.39, 0.29) is 23.3 Å². The highest BCUT2D eigenvalue weighted by molar-refractivity contribution is 7.80. The predicted octanol–water partition coefficient (Wildman–Crippen LogP) is 5.62. The van der Waals surface area contributed by atoms with Crippen LogP contribution >= 0.6 is 12.2 Å². The topological polar surface area (TPSA) is 85.5 Å². The van der Waals surface area contributed by atoms with Gasteiger partial charge in [0.15, 0.2) is 5.11 Å². The van der Waals surface area contributed by atoms with Crippen LogP contribution in [0.3, 0.4) is 0 Å². The number of anilines is 1. The second kappa shape index (κ2) is 13.2. The number of carbonyl (C=O) groups is 2. The summed E-state index contributed by atoms with van der Waals surface area (Å²) in [6.07, 6.45) is 0.502. The van der Waals surface area contributed by atoms with Gasteiger partial charge in [-0.25, -0.2) is 0 Å². The van der Waals surface area contributed by atoms with Gasteiger partial charge in [-0.2, -0.15) is 0 Å². The van der Waals surface area contributed by atoms with Crippen LogP contribution in [0.1, 0.15) is 16.7 Å². The number of amides is 2. The fraction of sp³-hybridized carbons (Fsp3) is 0.162. The van der Waals surface area contributed by atoms with Crippen molar-refractivity contribution < 1.29 is 9.59 Å². The van der Waals surface area contributed by atoms with Crippen LogP contribution in [0.2, 0.25) is 0 Å². The lowest BCUT2D eigenvalue weighted by Gasteiger charge is -2.20. The maximum Gasteiger partial charge on any atom is 0.261 e. The van der Waals surface area contributed by atoms with Gasteiger partial charge in [-0.05, 0) is 73.4 Å². The molecular weight excluding hydrogens is 579 g/mol. The largest absolute Gasteiger partial charge is 0.378 e. The van der Waals surface area contributed by atoms with Gasteiger partial charge in [-0.1, -0.05) is 97.1 Å². The van der Waals surface area contributed by atoms with E-state index >= 15 is 0 Å². The Balaban J connectivity index is 1.09. The first-order chi connectivity index (χ1) is 21.9. The Bertz CT molecular complexity index is 1960. The standard InChI is InChI=1S/C37H35N5O2S/c1-42(2)30-18-11-25(12-19-30)22-33(43)39-32(21-24-7-4-3-5-8-24)36(44)40-41-37(45)38-23-29-16-15-28-14-13-26-9-6-10-27-17-20-31(29)35(28)34(26)27/h3-20,32H,21-23H2,1-2H3,(H,39,43)(H,40,44)(H2,38,41,45)/t32-/m0/s1. The molecule has 0 aliphatic heterocycles. The summed E-state index contributed by atoms with van der Waals surface area (Å²) < 4.78 is 0. The number of hydrogen-bond acceptors (Lipinski definition) is 4. The minimum absolute atomic E-state index is 0.166. The average Bonchev–Trinajstić information content (AvgIpc) is 3.05. The fourth-order valence-electron chi connectivity index (χ4n) is 5.78. The minimum atomic E-state index is -0.797. The van der Waals surface area contributed by atoms with Crippen molar-refractivity contribution in [1.29, 1.82) is 0 Å². The normalized spacial score (nSPS) is 11.8. The van der Waals surface area contributed by atoms with E-state index in [0.717, 1.165) is 27.8 Å². The lowest BCUT2D eigenvalue weighted by Crippen LogP contribution is -2.55. The number of nitrogens with one attached hydrogen (secondary N) is 4. The fourth-order valence-corrected chi connectivity index (χ4v) is 5.90. The molecule has 6 aromatic rings. The van der Waals surface area contributed by atoms with E-state index in [1.54, 1.807) is 0 Å². The Kier molecular flexibility index (Phi) is 8.75. The van der Waals surface area contributed by atoms with Gasteiger partial charge in [0.2, 0.25) is 5.91 Å². The summed E-state index contributed by atoms with van der Waals surface area (Å²) in [6.45, 7) is 0.479. The number of hydrogen-bond donors (Lipinski definition) is 4. The third-order valence-electron chi connectivity index (χ3n) is 8.11. The maximum atomic E-state index is 13.3. The number of hydrazine groups is 1. The molecule has 0 saturated heterocycles. The highest BCUT2D eigenvalue weighted by Gasteiger charge is 2.22. The SMILES string of the molecule is CN(C)c1ccc(CC(=O)N[C@@H](Cc2ccccc2)C(=O)NNC(=S)NCc2ccc3ccc4cccc5ccc2c3c45)cc1. The van der Waals surface area contributed by atoms with E-state index in [1.807, 2.05) is 73.6 Å². The van der Waals surface area contributed by atoms with Crippen LogP contribution in [0.15, 0.2) is 109 Å². The van der Waals surface area contributed by atoms with Crippen molar-refractivity contribution in [2.24, 2.45) is 0 Å². The van der Waals surface area contributed by atoms with E-state index in [1.165, 1.54) is 26.9 Å². The Labute approximate surface area is 267 Å². The molecule has 0 radical (unpaired) electrons. The molecule has 6 rings (SSSR count). The molecule has 4 N–H and O–H groups in total. The molecule has 0 spiro atoms. The van der Waals surface area contributed by atoms with Gasteiger partial charge in [-0.3, -0.25) is 20.4 Å². The predicted molar refractivity (Wildman–Crippen MR) is 187 cm³/mol. The smallest absolute Gasteiger partial charge is 0.261 e. The van der Waals surface area contributed by atoms with Crippen molar-refractivity contribution in [3.63, 3.8) is 0 Å². The summed E-state index contributed by atoms with van der Waals surface area (Å²) >= 11 is 5.51. The molecule has 0 aliphatic rings. The van der Waals surface area contributed by atoms with Crippen LogP contribution < -0.4 is 26.4 Å². The van der Waals surface area contributed by atoms with Crippen LogP contribution in [-0.2, 0) is 29.0 Å². The monoisotopic (exact) mass is 613 g/mol. The summed E-state index contributed by atoms with van der Waals surface area (Å²) in [4.78, 5) is 28.3. The van der Waals surface area contributed by atoms with Crippen molar-refractivity contribution in [1.82, 2.24) is 21.5 Å². The molecule has 7 nitrogen and oxygen atoms in total. The molecule has 0 saturated carbocycles. The lowest BCUT2D eigenvalue weighted by atomic mass is 9.92. The first-order valence-corrected chi connectivity index (χ1v) is 15.4. The minimum Gasteiger partial charge on any atom is -0.378 e. The molecule has 8 heteroatoms. The Morgan fingerprint density at radius 3 is 2.09 bits per heavy atom. The molecule has 2 amide bonds. The molecule has 226 valence electrons. The molecule has 0 aromatic heterocycles. The molecule has 0 heterocycles. The van der Waals surface area contributed by atoms with E-state index in [0.29, 0.717) is 13.0 Å². The summed E-state index contributed by atoms with van der Waals surface area (Å²) in [5.74, 6) is -0.625. The average molecular weight is 614 g/mol. The molecule has 0 aliphatic carbocycles. The van der Waals surface area contributed by atoms with Crippen molar-refractivity contribution in [2.45, 2.75) is 25.4 Å². The van der Waals surface area contributed by atoms with Gasteiger partial charge in [0.1, 0.15) is 6.04 Å². The van der Waals surface area contributed by atoms with Gasteiger partial charge < -0.3 is 15.5 Å². The molecule has 45 heavy (non-hydrogen) atoms. The zero-order valence-corrected chi connectivity index (χ0v) is 26.1. The Morgan fingerprint density at radius 2 is 1.38 bits per heavy atom. The molecule has 1 atom stereocenters. The molecule has 0 bridgehead atoms. The van der Waals surface area contributed by atoms with Crippen molar-refractivity contribution in [3.8, 4) is 0 Å². The van der Waals surface area contributed by atoms with E-state index in [9.17, 15) is 9.59 Å². The quantitative estimate of drug-likeness (QED) is 0.0964. The van der Waals surface area contributed by atoms with Gasteiger partial charge in [0.25, 0.3) is 5.91 Å². The van der Waals surface area contributed by atoms with Crippen LogP contribution in [0.5, 0.6) is 0 Å². The van der Waals surface area contributed by atoms with Crippen LogP contribution in [0, 0.1) is 0 Å². The van der Waals surface area contributed by atoms with E-state index in [2.05, 4.69) is 76.1 Å². The maximum absolute atomic E-state index is 13.3. The molecular formula is C37H35N5O2S. The van der Waals surface area contributed by atoms with E-state index in [4.69, 9.17) is 12.2 Å². The molecule has 0 fully saturated rings. The summed E-state index contributed by atoms with van der Waals surface area (Å²) in [5.41, 5.74) is 9.47. The Morgan fingerprint density at radius 1 is 0.711 bits per heavy atom. The molecule has 0 unspecified atom stereocenters. The van der Waals surface area contributed by atoms with Gasteiger partial charge >= 0.3 is 0 Å². The second-order valence-electron chi connectivity index (χ2n) is 11.4. The number of rotatable bonds is 9. The van der Waals surface area contributed by atoms with Gasteiger partial charge in [0, 0.05) is 32.7 Å². The summed E-state index contributed by atoms with van der Waals surface area (Å²) in [5, 5.41) is 13.7. The zero-order chi connectivity index (χ0) is 31.3. The number of nitrogens with zero attached hydrogens (tertiary/aromatic N) is 1. The first kappa shape index (κ1) is 29.8. The van der Waals surface area contributed by atoms with E-state index < -0.39 is 6.04 Å². The third-order valence-corrected chi connectivity index (χ3v) is 8.36. The first-order valence-electron chi connectivity index (χ1n) is 14.9. The van der Waals surface area contributed by atoms with Crippen LogP contribution in [0.4, 0.5) is 5.69 Å². The van der Waals surface area contributed by atoms with Crippen molar-refractivity contribution in [2.75, 3.05) is 19.0 Å². The second-order valence-corrected chi connectivity index (χ2v) is 11.8. The highest BCUT2D eigenvalue weighted by atomic mass is 32.1. The third kappa shape index (κ3) is 6.81.